The molecule has 1 heterocycles. The van der Waals surface area contributed by atoms with E-state index < -0.39 is 0 Å². The molecule has 0 saturated heterocycles. The average molecular weight is 266 g/mol. The molecule has 3 rings (SSSR count). The van der Waals surface area contributed by atoms with Crippen LogP contribution in [0.1, 0.15) is 0 Å². The van der Waals surface area contributed by atoms with Crippen LogP contribution in [0.15, 0.2) is 66.0 Å². The third-order valence-corrected chi connectivity index (χ3v) is 4.06. The second-order valence-electron chi connectivity index (χ2n) is 4.29. The van der Waals surface area contributed by atoms with Crippen LogP contribution < -0.4 is 4.74 Å². The quantitative estimate of drug-likeness (QED) is 0.641. The fourth-order valence-electron chi connectivity index (χ4n) is 2.02. The summed E-state index contributed by atoms with van der Waals surface area (Å²) < 4.78 is 5.18. The summed E-state index contributed by atoms with van der Waals surface area (Å²) in [5.41, 5.74) is 3.77. The van der Waals surface area contributed by atoms with Crippen LogP contribution in [0.2, 0.25) is 0 Å². The average Bonchev–Trinajstić information content (AvgIpc) is 2.98. The van der Waals surface area contributed by atoms with Gasteiger partial charge in [-0.2, -0.15) is 0 Å². The SMILES string of the molecule is COc1ccc(-c2cc(-c3ccccc3)cs2)cc1. The van der Waals surface area contributed by atoms with Crippen molar-refractivity contribution in [1.82, 2.24) is 0 Å². The van der Waals surface area contributed by atoms with Crippen molar-refractivity contribution in [1.29, 1.82) is 0 Å². The van der Waals surface area contributed by atoms with Gasteiger partial charge < -0.3 is 4.74 Å². The van der Waals surface area contributed by atoms with Crippen molar-refractivity contribution in [3.05, 3.63) is 66.0 Å². The lowest BCUT2D eigenvalue weighted by atomic mass is 10.1. The van der Waals surface area contributed by atoms with E-state index in [0.717, 1.165) is 5.75 Å². The molecular formula is C17H14OS. The van der Waals surface area contributed by atoms with Gasteiger partial charge in [0.2, 0.25) is 0 Å². The van der Waals surface area contributed by atoms with Crippen molar-refractivity contribution in [2.24, 2.45) is 0 Å². The minimum Gasteiger partial charge on any atom is -0.497 e. The number of methoxy groups -OCH3 is 1. The molecule has 0 bridgehead atoms. The van der Waals surface area contributed by atoms with Gasteiger partial charge in [-0.25, -0.2) is 0 Å². The number of ether oxygens (including phenoxy) is 1. The van der Waals surface area contributed by atoms with E-state index in [-0.39, 0.29) is 0 Å². The molecule has 2 heteroatoms. The normalized spacial score (nSPS) is 10.4. The number of rotatable bonds is 3. The topological polar surface area (TPSA) is 9.23 Å². The lowest BCUT2D eigenvalue weighted by Crippen LogP contribution is -1.81. The van der Waals surface area contributed by atoms with Gasteiger partial charge in [-0.1, -0.05) is 30.3 Å². The summed E-state index contributed by atoms with van der Waals surface area (Å²) in [4.78, 5) is 1.28. The van der Waals surface area contributed by atoms with E-state index in [9.17, 15) is 0 Å². The highest BCUT2D eigenvalue weighted by molar-refractivity contribution is 7.14. The van der Waals surface area contributed by atoms with Gasteiger partial charge in [-0.3, -0.25) is 0 Å². The summed E-state index contributed by atoms with van der Waals surface area (Å²) in [7, 11) is 1.69. The molecule has 0 atom stereocenters. The van der Waals surface area contributed by atoms with Crippen LogP contribution in [-0.4, -0.2) is 7.11 Å². The molecular weight excluding hydrogens is 252 g/mol. The molecule has 0 spiro atoms. The summed E-state index contributed by atoms with van der Waals surface area (Å²) >= 11 is 1.77. The zero-order valence-corrected chi connectivity index (χ0v) is 11.5. The molecule has 19 heavy (non-hydrogen) atoms. The highest BCUT2D eigenvalue weighted by Crippen LogP contribution is 2.33. The van der Waals surface area contributed by atoms with Crippen LogP contribution in [0.4, 0.5) is 0 Å². The molecule has 0 aliphatic heterocycles. The van der Waals surface area contributed by atoms with Crippen molar-refractivity contribution in [3.63, 3.8) is 0 Å². The Morgan fingerprint density at radius 2 is 1.53 bits per heavy atom. The lowest BCUT2D eigenvalue weighted by Gasteiger charge is -2.01. The number of hydrogen-bond donors (Lipinski definition) is 0. The summed E-state index contributed by atoms with van der Waals surface area (Å²) in [6.07, 6.45) is 0. The first-order valence-corrected chi connectivity index (χ1v) is 7.03. The highest BCUT2D eigenvalue weighted by Gasteiger charge is 2.04. The van der Waals surface area contributed by atoms with Crippen LogP contribution in [0.25, 0.3) is 21.6 Å². The Morgan fingerprint density at radius 1 is 0.789 bits per heavy atom. The molecule has 0 fully saturated rings. The fraction of sp³-hybridized carbons (Fsp3) is 0.0588. The number of thiophene rings is 1. The van der Waals surface area contributed by atoms with Gasteiger partial charge in [0.25, 0.3) is 0 Å². The molecule has 94 valence electrons. The van der Waals surface area contributed by atoms with Gasteiger partial charge in [0.15, 0.2) is 0 Å². The maximum Gasteiger partial charge on any atom is 0.118 e. The van der Waals surface area contributed by atoms with E-state index in [1.807, 2.05) is 18.2 Å². The zero-order chi connectivity index (χ0) is 13.1. The molecule has 0 aliphatic rings. The molecule has 0 amide bonds. The molecule has 0 aliphatic carbocycles. The minimum atomic E-state index is 0.892. The predicted octanol–water partition coefficient (Wildman–Crippen LogP) is 5.09. The lowest BCUT2D eigenvalue weighted by molar-refractivity contribution is 0.415. The van der Waals surface area contributed by atoms with Crippen molar-refractivity contribution >= 4 is 11.3 Å². The first-order valence-electron chi connectivity index (χ1n) is 6.15. The second-order valence-corrected chi connectivity index (χ2v) is 5.21. The molecule has 2 aromatic carbocycles. The summed E-state index contributed by atoms with van der Waals surface area (Å²) in [6.45, 7) is 0. The summed E-state index contributed by atoms with van der Waals surface area (Å²) in [5, 5.41) is 2.20. The molecule has 1 aromatic heterocycles. The van der Waals surface area contributed by atoms with E-state index in [4.69, 9.17) is 4.74 Å². The van der Waals surface area contributed by atoms with Crippen molar-refractivity contribution in [3.8, 4) is 27.3 Å². The zero-order valence-electron chi connectivity index (χ0n) is 10.7. The summed E-state index contributed by atoms with van der Waals surface area (Å²) in [5.74, 6) is 0.892. The van der Waals surface area contributed by atoms with Crippen molar-refractivity contribution in [2.45, 2.75) is 0 Å². The van der Waals surface area contributed by atoms with E-state index in [1.165, 1.54) is 21.6 Å². The van der Waals surface area contributed by atoms with Gasteiger partial charge in [-0.15, -0.1) is 11.3 Å². The Balaban J connectivity index is 1.92. The first kappa shape index (κ1) is 12.0. The third kappa shape index (κ3) is 2.54. The molecule has 3 aromatic rings. The Morgan fingerprint density at radius 3 is 2.21 bits per heavy atom. The van der Waals surface area contributed by atoms with E-state index in [2.05, 4.69) is 47.8 Å². The number of benzene rings is 2. The van der Waals surface area contributed by atoms with Gasteiger partial charge in [-0.05, 0) is 52.4 Å². The predicted molar refractivity (Wildman–Crippen MR) is 81.7 cm³/mol. The molecule has 1 nitrogen and oxygen atoms in total. The maximum atomic E-state index is 5.18. The van der Waals surface area contributed by atoms with Gasteiger partial charge in [0.1, 0.15) is 5.75 Å². The fourth-order valence-corrected chi connectivity index (χ4v) is 2.95. The number of hydrogen-bond acceptors (Lipinski definition) is 2. The molecule has 0 N–H and O–H groups in total. The van der Waals surface area contributed by atoms with Crippen molar-refractivity contribution < 1.29 is 4.74 Å². The van der Waals surface area contributed by atoms with Crippen LogP contribution in [0.5, 0.6) is 5.75 Å². The summed E-state index contributed by atoms with van der Waals surface area (Å²) in [6, 6.07) is 20.9. The molecule has 0 unspecified atom stereocenters. The van der Waals surface area contributed by atoms with Crippen LogP contribution in [-0.2, 0) is 0 Å². The Kier molecular flexibility index (Phi) is 3.34. The third-order valence-electron chi connectivity index (χ3n) is 3.08. The highest BCUT2D eigenvalue weighted by atomic mass is 32.1. The monoisotopic (exact) mass is 266 g/mol. The molecule has 0 radical (unpaired) electrons. The van der Waals surface area contributed by atoms with Crippen molar-refractivity contribution in [2.75, 3.05) is 7.11 Å². The maximum absolute atomic E-state index is 5.18. The van der Waals surface area contributed by atoms with E-state index >= 15 is 0 Å². The van der Waals surface area contributed by atoms with Gasteiger partial charge >= 0.3 is 0 Å². The first-order chi connectivity index (χ1) is 9.36. The smallest absolute Gasteiger partial charge is 0.118 e. The van der Waals surface area contributed by atoms with Crippen LogP contribution >= 0.6 is 11.3 Å². The Labute approximate surface area is 117 Å². The van der Waals surface area contributed by atoms with Gasteiger partial charge in [0, 0.05) is 4.88 Å². The molecule has 0 saturated carbocycles. The van der Waals surface area contributed by atoms with E-state index in [1.54, 1.807) is 18.4 Å². The second kappa shape index (κ2) is 5.29. The van der Waals surface area contributed by atoms with Gasteiger partial charge in [0.05, 0.1) is 7.11 Å². The van der Waals surface area contributed by atoms with Crippen LogP contribution in [0, 0.1) is 0 Å². The standard InChI is InChI=1S/C17H14OS/c1-18-16-9-7-14(8-10-16)17-11-15(12-19-17)13-5-3-2-4-6-13/h2-12H,1H3. The Hall–Kier alpha value is -2.06. The Bertz CT molecular complexity index is 653. The largest absolute Gasteiger partial charge is 0.497 e. The van der Waals surface area contributed by atoms with E-state index in [0.29, 0.717) is 0 Å². The minimum absolute atomic E-state index is 0.892. The van der Waals surface area contributed by atoms with Crippen LogP contribution in [0.3, 0.4) is 0 Å².